The molecule has 0 saturated carbocycles. The van der Waals surface area contributed by atoms with Gasteiger partial charge in [-0.05, 0) is 0 Å². The average Bonchev–Trinajstić information content (AvgIpc) is 3.87. The molecule has 5 aromatic carbocycles. The Morgan fingerprint density at radius 1 is 0.490 bits per heavy atom. The van der Waals surface area contributed by atoms with Crippen molar-refractivity contribution in [2.45, 2.75) is 0 Å². The standard InChI is InChI=1S/C32H16N8.C7H5ClO2.Ga/c1-2-10-18-17(9-1)25-33-26(18)38-28-21-13-5-6-14-22(21)30(35-28)40-32-24-16-8-7-15-23(24)31(36-32)39-29-20-12-4-3-11-19(20)27(34-29)37-25;8-6-3-1-5(2-4-6)7(9)10;/h1-16H;1-4H,(H,9,10);/q-2;;+3/p-1. The van der Waals surface area contributed by atoms with Gasteiger partial charge in [0.25, 0.3) is 0 Å². The van der Waals surface area contributed by atoms with Crippen molar-refractivity contribution in [2.75, 3.05) is 0 Å². The molecule has 0 saturated heterocycles. The molecule has 0 unspecified atom stereocenters. The van der Waals surface area contributed by atoms with E-state index in [4.69, 9.17) is 45.1 Å². The van der Waals surface area contributed by atoms with Gasteiger partial charge in [0.1, 0.15) is 0 Å². The van der Waals surface area contributed by atoms with Crippen molar-refractivity contribution in [2.24, 2.45) is 30.0 Å². The Labute approximate surface area is 299 Å². The fourth-order valence-corrected chi connectivity index (χ4v) is 12.4. The van der Waals surface area contributed by atoms with E-state index in [2.05, 4.69) is 0 Å². The molecule has 51 heavy (non-hydrogen) atoms. The van der Waals surface area contributed by atoms with Crippen molar-refractivity contribution in [3.05, 3.63) is 165 Å². The molecule has 4 aliphatic rings. The molecule has 0 amide bonds. The Balaban J connectivity index is 1.37. The number of nitrogens with zero attached hydrogens (tertiary/aromatic N) is 8. The van der Waals surface area contributed by atoms with Gasteiger partial charge in [-0.25, -0.2) is 0 Å². The molecular formula is C39H20ClGaN8O2. The number of carbonyl (C=O) groups is 1. The van der Waals surface area contributed by atoms with Crippen molar-refractivity contribution < 1.29 is 8.32 Å². The summed E-state index contributed by atoms with van der Waals surface area (Å²) in [6.07, 6.45) is 0. The Hall–Kier alpha value is -6.14. The van der Waals surface area contributed by atoms with Crippen LogP contribution in [0.4, 0.5) is 11.6 Å². The molecule has 238 valence electrons. The summed E-state index contributed by atoms with van der Waals surface area (Å²) in [5.41, 5.74) is 4.98. The van der Waals surface area contributed by atoms with E-state index in [9.17, 15) is 4.79 Å². The summed E-state index contributed by atoms with van der Waals surface area (Å²) in [5.74, 6) is 2.75. The van der Waals surface area contributed by atoms with Gasteiger partial charge in [-0.2, -0.15) is 0 Å². The molecule has 0 radical (unpaired) electrons. The molecule has 7 aromatic rings. The van der Waals surface area contributed by atoms with Crippen molar-refractivity contribution >= 4 is 91.2 Å². The number of halogens is 1. The van der Waals surface area contributed by atoms with Crippen molar-refractivity contribution in [1.82, 2.24) is 6.55 Å². The van der Waals surface area contributed by atoms with Gasteiger partial charge in [-0.3, -0.25) is 0 Å². The number of rotatable bonds is 2. The van der Waals surface area contributed by atoms with Crippen LogP contribution in [-0.2, 0) is 3.53 Å². The first-order valence-electron chi connectivity index (χ1n) is 16.3. The van der Waals surface area contributed by atoms with Crippen LogP contribution in [0.25, 0.3) is 21.5 Å². The van der Waals surface area contributed by atoms with Crippen LogP contribution in [0.2, 0.25) is 5.02 Å². The minimum absolute atomic E-state index is 0.369. The molecule has 0 spiro atoms. The van der Waals surface area contributed by atoms with Gasteiger partial charge in [0.2, 0.25) is 0 Å². The van der Waals surface area contributed by atoms with Crippen LogP contribution in [0.5, 0.6) is 0 Å². The van der Waals surface area contributed by atoms with Crippen LogP contribution in [0.1, 0.15) is 32.6 Å². The normalized spacial score (nSPS) is 14.8. The van der Waals surface area contributed by atoms with Gasteiger partial charge in [-0.15, -0.1) is 0 Å². The van der Waals surface area contributed by atoms with Gasteiger partial charge >= 0.3 is 301 Å². The summed E-state index contributed by atoms with van der Waals surface area (Å²) < 4.78 is 10.9. The second-order valence-corrected chi connectivity index (χ2v) is 16.9. The van der Waals surface area contributed by atoms with Gasteiger partial charge in [0.15, 0.2) is 0 Å². The first-order chi connectivity index (χ1) is 25.1. The predicted molar refractivity (Wildman–Crippen MR) is 198 cm³/mol. The zero-order valence-corrected chi connectivity index (χ0v) is 29.6. The predicted octanol–water partition coefficient (Wildman–Crippen LogP) is 6.43. The van der Waals surface area contributed by atoms with Gasteiger partial charge in [-0.1, -0.05) is 0 Å². The number of amidine groups is 4. The molecule has 0 fully saturated rings. The number of aromatic nitrogens is 2. The zero-order chi connectivity index (χ0) is 33.8. The van der Waals surface area contributed by atoms with E-state index in [1.807, 2.05) is 104 Å². The molecule has 0 N–H and O–H groups in total. The van der Waals surface area contributed by atoms with E-state index in [0.717, 1.165) is 43.8 Å². The molecule has 12 heteroatoms. The zero-order valence-electron chi connectivity index (χ0n) is 26.4. The number of aliphatic imine (C=N–C) groups is 4. The Morgan fingerprint density at radius 3 is 1.37 bits per heavy atom. The third-order valence-corrected chi connectivity index (χ3v) is 14.6. The van der Waals surface area contributed by atoms with Crippen LogP contribution >= 0.6 is 11.6 Å². The second kappa shape index (κ2) is 10.7. The summed E-state index contributed by atoms with van der Waals surface area (Å²) in [4.78, 5) is 45.6. The monoisotopic (exact) mass is 736 g/mol. The van der Waals surface area contributed by atoms with E-state index in [0.29, 0.717) is 56.5 Å². The Morgan fingerprint density at radius 2 is 0.902 bits per heavy atom. The van der Waals surface area contributed by atoms with E-state index < -0.39 is 23.0 Å². The Kier molecular flexibility index (Phi) is 6.00. The number of hydrogen-bond donors (Lipinski definition) is 0. The molecule has 0 aliphatic carbocycles. The topological polar surface area (TPSA) is 110 Å². The number of benzene rings is 5. The summed E-state index contributed by atoms with van der Waals surface area (Å²) in [7, 11) is 0. The molecule has 10 nitrogen and oxygen atoms in total. The van der Waals surface area contributed by atoms with Gasteiger partial charge in [0.05, 0.1) is 0 Å². The summed E-state index contributed by atoms with van der Waals surface area (Å²) >= 11 is 2.14. The first-order valence-corrected chi connectivity index (χ1v) is 19.8. The maximum absolute atomic E-state index is 14.3. The minimum atomic E-state index is -4.09. The third-order valence-electron chi connectivity index (χ3n) is 9.55. The molecule has 11 rings (SSSR count). The molecule has 6 heterocycles. The van der Waals surface area contributed by atoms with Crippen LogP contribution < -0.4 is 11.0 Å². The molecular weight excluding hydrogens is 718 g/mol. The van der Waals surface area contributed by atoms with Crippen molar-refractivity contribution in [3.8, 4) is 0 Å². The van der Waals surface area contributed by atoms with Crippen LogP contribution in [0.15, 0.2) is 151 Å². The second-order valence-electron chi connectivity index (χ2n) is 12.4. The van der Waals surface area contributed by atoms with Crippen LogP contribution in [0, 0.1) is 0 Å². The fraction of sp³-hybridized carbons (Fsp3) is 0. The summed E-state index contributed by atoms with van der Waals surface area (Å²) in [5, 5.41) is 3.88. The molecule has 2 aromatic heterocycles. The van der Waals surface area contributed by atoms with Crippen molar-refractivity contribution in [3.63, 3.8) is 0 Å². The van der Waals surface area contributed by atoms with E-state index in [1.54, 1.807) is 24.3 Å². The number of hydrogen-bond acceptors (Lipinski definition) is 8. The third kappa shape index (κ3) is 4.16. The molecule has 4 aliphatic heterocycles. The Bertz CT molecular complexity index is 2830. The average molecular weight is 738 g/mol. The van der Waals surface area contributed by atoms with E-state index >= 15 is 0 Å². The van der Waals surface area contributed by atoms with Crippen LogP contribution in [0.3, 0.4) is 0 Å². The first kappa shape index (κ1) is 28.7. The quantitative estimate of drug-likeness (QED) is 0.191. The van der Waals surface area contributed by atoms with Crippen molar-refractivity contribution in [1.29, 1.82) is 0 Å². The molecule has 0 atom stereocenters. The van der Waals surface area contributed by atoms with Gasteiger partial charge in [0, 0.05) is 0 Å². The van der Waals surface area contributed by atoms with E-state index in [1.165, 1.54) is 0 Å². The van der Waals surface area contributed by atoms with Crippen LogP contribution in [-0.4, -0.2) is 52.9 Å². The maximum atomic E-state index is 14.3. The summed E-state index contributed by atoms with van der Waals surface area (Å²) in [6.45, 7) is 0. The fourth-order valence-electron chi connectivity index (χ4n) is 7.24. The SMILES string of the molecule is O=C([O][Ga]1[n]2c3c4ccccc4c2N=C2N=C(N=c4c5ccccc5c([n]41)=NC1=NC(=N3)c3ccccc31)c1ccccc12)c1ccc(Cl)cc1. The van der Waals surface area contributed by atoms with E-state index in [-0.39, 0.29) is 0 Å². The van der Waals surface area contributed by atoms with Gasteiger partial charge < -0.3 is 0 Å². The number of fused-ring (bicyclic) bond motifs is 14. The summed E-state index contributed by atoms with van der Waals surface area (Å²) in [6, 6.07) is 38.6. The number of carbonyl (C=O) groups excluding carboxylic acids is 1. The molecule has 6 bridgehead atoms.